The molecule has 1 aromatic rings. The van der Waals surface area contributed by atoms with Gasteiger partial charge in [0, 0.05) is 32.2 Å². The molecule has 0 radical (unpaired) electrons. The fourth-order valence-electron chi connectivity index (χ4n) is 3.61. The molecular formula is C18H25NO5. The number of amides is 1. The Labute approximate surface area is 142 Å². The van der Waals surface area contributed by atoms with Gasteiger partial charge in [-0.1, -0.05) is 0 Å². The predicted molar refractivity (Wildman–Crippen MR) is 88.6 cm³/mol. The Morgan fingerprint density at radius 3 is 2.67 bits per heavy atom. The first-order valence-corrected chi connectivity index (χ1v) is 8.40. The SMILES string of the molecule is COc1ccc(C(=O)N2CCC3(CC2)CC(O)CCO3)c(OC)c1. The van der Waals surface area contributed by atoms with E-state index in [-0.39, 0.29) is 17.6 Å². The number of carbonyl (C=O) groups excluding carboxylic acids is 1. The number of likely N-dealkylation sites (tertiary alicyclic amines) is 1. The molecule has 1 atom stereocenters. The van der Waals surface area contributed by atoms with Crippen LogP contribution in [0.25, 0.3) is 0 Å². The maximum Gasteiger partial charge on any atom is 0.257 e. The number of methoxy groups -OCH3 is 2. The van der Waals surface area contributed by atoms with Crippen molar-refractivity contribution in [2.45, 2.75) is 37.4 Å². The van der Waals surface area contributed by atoms with Gasteiger partial charge in [-0.05, 0) is 31.4 Å². The van der Waals surface area contributed by atoms with Gasteiger partial charge in [-0.3, -0.25) is 4.79 Å². The molecule has 1 spiro atoms. The molecule has 6 heteroatoms. The topological polar surface area (TPSA) is 68.2 Å². The Morgan fingerprint density at radius 2 is 2.04 bits per heavy atom. The first-order chi connectivity index (χ1) is 11.6. The van der Waals surface area contributed by atoms with Gasteiger partial charge in [-0.25, -0.2) is 0 Å². The van der Waals surface area contributed by atoms with E-state index in [0.29, 0.717) is 49.6 Å². The van der Waals surface area contributed by atoms with E-state index < -0.39 is 0 Å². The van der Waals surface area contributed by atoms with Gasteiger partial charge in [0.25, 0.3) is 5.91 Å². The number of aliphatic hydroxyl groups is 1. The number of piperidine rings is 1. The minimum atomic E-state index is -0.289. The Hall–Kier alpha value is -1.79. The number of carbonyl (C=O) groups is 1. The minimum Gasteiger partial charge on any atom is -0.497 e. The molecule has 24 heavy (non-hydrogen) atoms. The molecule has 132 valence electrons. The van der Waals surface area contributed by atoms with Crippen molar-refractivity contribution in [3.8, 4) is 11.5 Å². The number of hydrogen-bond donors (Lipinski definition) is 1. The van der Waals surface area contributed by atoms with Crippen molar-refractivity contribution >= 4 is 5.91 Å². The van der Waals surface area contributed by atoms with Crippen molar-refractivity contribution < 1.29 is 24.1 Å². The molecule has 0 saturated carbocycles. The maximum atomic E-state index is 12.8. The van der Waals surface area contributed by atoms with Crippen molar-refractivity contribution in [2.75, 3.05) is 33.9 Å². The van der Waals surface area contributed by atoms with E-state index in [9.17, 15) is 9.90 Å². The van der Waals surface area contributed by atoms with Gasteiger partial charge in [0.15, 0.2) is 0 Å². The van der Waals surface area contributed by atoms with Crippen molar-refractivity contribution in [3.05, 3.63) is 23.8 Å². The first-order valence-electron chi connectivity index (χ1n) is 8.40. The second-order valence-electron chi connectivity index (χ2n) is 6.54. The summed E-state index contributed by atoms with van der Waals surface area (Å²) in [5.74, 6) is 1.13. The zero-order valence-electron chi connectivity index (χ0n) is 14.3. The van der Waals surface area contributed by atoms with E-state index in [2.05, 4.69) is 0 Å². The Balaban J connectivity index is 1.69. The second-order valence-corrected chi connectivity index (χ2v) is 6.54. The number of hydrogen-bond acceptors (Lipinski definition) is 5. The zero-order chi connectivity index (χ0) is 17.2. The highest BCUT2D eigenvalue weighted by atomic mass is 16.5. The van der Waals surface area contributed by atoms with Crippen LogP contribution in [0.3, 0.4) is 0 Å². The van der Waals surface area contributed by atoms with Crippen molar-refractivity contribution in [1.29, 1.82) is 0 Å². The molecule has 1 N–H and O–H groups in total. The highest BCUT2D eigenvalue weighted by Crippen LogP contribution is 2.36. The summed E-state index contributed by atoms with van der Waals surface area (Å²) in [6.45, 7) is 1.85. The molecule has 0 aromatic heterocycles. The third kappa shape index (κ3) is 3.35. The lowest BCUT2D eigenvalue weighted by atomic mass is 9.83. The molecule has 3 rings (SSSR count). The number of nitrogens with zero attached hydrogens (tertiary/aromatic N) is 1. The summed E-state index contributed by atoms with van der Waals surface area (Å²) in [6, 6.07) is 5.23. The Kier molecular flexibility index (Phi) is 4.96. The van der Waals surface area contributed by atoms with Gasteiger partial charge in [0.2, 0.25) is 0 Å². The van der Waals surface area contributed by atoms with Crippen LogP contribution in [0, 0.1) is 0 Å². The Bertz CT molecular complexity index is 595. The summed E-state index contributed by atoms with van der Waals surface area (Å²) in [5, 5.41) is 9.91. The molecule has 2 heterocycles. The molecule has 0 bridgehead atoms. The third-order valence-corrected chi connectivity index (χ3v) is 5.07. The predicted octanol–water partition coefficient (Wildman–Crippen LogP) is 1.85. The quantitative estimate of drug-likeness (QED) is 0.913. The van der Waals surface area contributed by atoms with Gasteiger partial charge >= 0.3 is 0 Å². The highest BCUT2D eigenvalue weighted by Gasteiger charge is 2.41. The number of aliphatic hydroxyl groups excluding tert-OH is 1. The van der Waals surface area contributed by atoms with Crippen molar-refractivity contribution in [2.24, 2.45) is 0 Å². The highest BCUT2D eigenvalue weighted by molar-refractivity contribution is 5.97. The van der Waals surface area contributed by atoms with E-state index in [0.717, 1.165) is 12.8 Å². The van der Waals surface area contributed by atoms with Crippen LogP contribution in [0.15, 0.2) is 18.2 Å². The average Bonchev–Trinajstić information content (AvgIpc) is 2.61. The molecule has 1 amide bonds. The fraction of sp³-hybridized carbons (Fsp3) is 0.611. The maximum absolute atomic E-state index is 12.8. The zero-order valence-corrected chi connectivity index (χ0v) is 14.3. The molecule has 1 aromatic carbocycles. The van der Waals surface area contributed by atoms with Gasteiger partial charge in [-0.15, -0.1) is 0 Å². The van der Waals surface area contributed by atoms with Gasteiger partial charge in [0.1, 0.15) is 11.5 Å². The van der Waals surface area contributed by atoms with Crippen LogP contribution in [0.5, 0.6) is 11.5 Å². The monoisotopic (exact) mass is 335 g/mol. The van der Waals surface area contributed by atoms with Gasteiger partial charge in [0.05, 0.1) is 31.5 Å². The van der Waals surface area contributed by atoms with Crippen LogP contribution in [-0.4, -0.2) is 61.5 Å². The van der Waals surface area contributed by atoms with Gasteiger partial charge in [-0.2, -0.15) is 0 Å². The summed E-state index contributed by atoms with van der Waals surface area (Å²) < 4.78 is 16.5. The molecule has 0 aliphatic carbocycles. The normalized spacial score (nSPS) is 23.1. The number of rotatable bonds is 3. The van der Waals surface area contributed by atoms with E-state index in [1.165, 1.54) is 0 Å². The van der Waals surface area contributed by atoms with Crippen LogP contribution in [0.1, 0.15) is 36.0 Å². The molecule has 2 fully saturated rings. The van der Waals surface area contributed by atoms with Crippen LogP contribution in [0.2, 0.25) is 0 Å². The summed E-state index contributed by atoms with van der Waals surface area (Å²) in [4.78, 5) is 14.7. The molecular weight excluding hydrogens is 310 g/mol. The standard InChI is InChI=1S/C18H25NO5/c1-22-14-3-4-15(16(11-14)23-2)17(21)19-8-6-18(7-9-19)12-13(20)5-10-24-18/h3-4,11,13,20H,5-10,12H2,1-2H3. The molecule has 2 aliphatic heterocycles. The molecule has 2 saturated heterocycles. The summed E-state index contributed by atoms with van der Waals surface area (Å²) in [6.07, 6.45) is 2.60. The lowest BCUT2D eigenvalue weighted by Gasteiger charge is -2.45. The van der Waals surface area contributed by atoms with Crippen molar-refractivity contribution in [3.63, 3.8) is 0 Å². The third-order valence-electron chi connectivity index (χ3n) is 5.07. The van der Waals surface area contributed by atoms with Gasteiger partial charge < -0.3 is 24.2 Å². The van der Waals surface area contributed by atoms with E-state index in [1.807, 2.05) is 4.90 Å². The summed E-state index contributed by atoms with van der Waals surface area (Å²) in [7, 11) is 3.13. The Morgan fingerprint density at radius 1 is 1.29 bits per heavy atom. The van der Waals surface area contributed by atoms with E-state index in [1.54, 1.807) is 32.4 Å². The molecule has 6 nitrogen and oxygen atoms in total. The lowest BCUT2D eigenvalue weighted by molar-refractivity contribution is -0.139. The summed E-state index contributed by atoms with van der Waals surface area (Å²) in [5.41, 5.74) is 0.275. The van der Waals surface area contributed by atoms with Crippen LogP contribution >= 0.6 is 0 Å². The second kappa shape index (κ2) is 6.99. The van der Waals surface area contributed by atoms with Crippen LogP contribution in [-0.2, 0) is 4.74 Å². The molecule has 1 unspecified atom stereocenters. The van der Waals surface area contributed by atoms with Crippen LogP contribution in [0.4, 0.5) is 0 Å². The summed E-state index contributed by atoms with van der Waals surface area (Å²) >= 11 is 0. The number of benzene rings is 1. The molecule has 2 aliphatic rings. The van der Waals surface area contributed by atoms with E-state index in [4.69, 9.17) is 14.2 Å². The average molecular weight is 335 g/mol. The number of ether oxygens (including phenoxy) is 3. The minimum absolute atomic E-state index is 0.0410. The lowest BCUT2D eigenvalue weighted by Crippen LogP contribution is -2.51. The fourth-order valence-corrected chi connectivity index (χ4v) is 3.61. The van der Waals surface area contributed by atoms with Crippen molar-refractivity contribution in [1.82, 2.24) is 4.90 Å². The smallest absolute Gasteiger partial charge is 0.257 e. The largest absolute Gasteiger partial charge is 0.497 e. The van der Waals surface area contributed by atoms with E-state index >= 15 is 0 Å². The van der Waals surface area contributed by atoms with Crippen LogP contribution < -0.4 is 9.47 Å². The first kappa shape index (κ1) is 17.0.